The van der Waals surface area contributed by atoms with Crippen LogP contribution in [0.1, 0.15) is 43.2 Å². The SMILES string of the molecule is c1cc2c(c(OCC3CCCCC3)c1)CCNC2. The first-order valence-corrected chi connectivity index (χ1v) is 7.38. The highest BCUT2D eigenvalue weighted by atomic mass is 16.5. The molecule has 98 valence electrons. The van der Waals surface area contributed by atoms with E-state index in [2.05, 4.69) is 23.5 Å². The summed E-state index contributed by atoms with van der Waals surface area (Å²) in [5.74, 6) is 1.93. The maximum atomic E-state index is 6.12. The van der Waals surface area contributed by atoms with Crippen LogP contribution in [-0.2, 0) is 13.0 Å². The van der Waals surface area contributed by atoms with Crippen molar-refractivity contribution in [2.75, 3.05) is 13.2 Å². The predicted molar refractivity (Wildman–Crippen MR) is 73.9 cm³/mol. The molecule has 0 saturated heterocycles. The zero-order chi connectivity index (χ0) is 12.2. The molecule has 0 spiro atoms. The topological polar surface area (TPSA) is 21.3 Å². The van der Waals surface area contributed by atoms with Gasteiger partial charge in [-0.15, -0.1) is 0 Å². The van der Waals surface area contributed by atoms with Gasteiger partial charge in [-0.1, -0.05) is 31.4 Å². The van der Waals surface area contributed by atoms with Crippen molar-refractivity contribution in [3.63, 3.8) is 0 Å². The van der Waals surface area contributed by atoms with E-state index in [9.17, 15) is 0 Å². The van der Waals surface area contributed by atoms with Crippen LogP contribution >= 0.6 is 0 Å². The monoisotopic (exact) mass is 245 g/mol. The van der Waals surface area contributed by atoms with E-state index in [1.165, 1.54) is 43.2 Å². The first kappa shape index (κ1) is 12.0. The lowest BCUT2D eigenvalue weighted by molar-refractivity contribution is 0.207. The Morgan fingerprint density at radius 2 is 2.06 bits per heavy atom. The molecule has 2 nitrogen and oxygen atoms in total. The van der Waals surface area contributed by atoms with Crippen LogP contribution in [0.2, 0.25) is 0 Å². The molecule has 0 amide bonds. The second-order valence-corrected chi connectivity index (χ2v) is 5.64. The Morgan fingerprint density at radius 1 is 1.17 bits per heavy atom. The molecule has 1 heterocycles. The largest absolute Gasteiger partial charge is 0.493 e. The molecule has 1 fully saturated rings. The average Bonchev–Trinajstić information content (AvgIpc) is 2.46. The number of hydrogen-bond donors (Lipinski definition) is 1. The predicted octanol–water partition coefficient (Wildman–Crippen LogP) is 3.29. The van der Waals surface area contributed by atoms with E-state index in [0.717, 1.165) is 37.8 Å². The van der Waals surface area contributed by atoms with Crippen LogP contribution in [0, 0.1) is 5.92 Å². The van der Waals surface area contributed by atoms with E-state index in [1.54, 1.807) is 0 Å². The van der Waals surface area contributed by atoms with E-state index in [0.29, 0.717) is 0 Å². The molecular formula is C16H23NO. The lowest BCUT2D eigenvalue weighted by atomic mass is 9.90. The van der Waals surface area contributed by atoms with Crippen LogP contribution in [0.4, 0.5) is 0 Å². The summed E-state index contributed by atoms with van der Waals surface area (Å²) in [7, 11) is 0. The van der Waals surface area contributed by atoms with Crippen molar-refractivity contribution in [1.29, 1.82) is 0 Å². The van der Waals surface area contributed by atoms with E-state index in [4.69, 9.17) is 4.74 Å². The summed E-state index contributed by atoms with van der Waals surface area (Å²) >= 11 is 0. The molecule has 0 radical (unpaired) electrons. The fraction of sp³-hybridized carbons (Fsp3) is 0.625. The van der Waals surface area contributed by atoms with Gasteiger partial charge in [0.05, 0.1) is 6.61 Å². The van der Waals surface area contributed by atoms with Gasteiger partial charge < -0.3 is 10.1 Å². The first-order chi connectivity index (χ1) is 8.93. The van der Waals surface area contributed by atoms with Crippen molar-refractivity contribution in [2.24, 2.45) is 5.92 Å². The molecular weight excluding hydrogens is 222 g/mol. The minimum absolute atomic E-state index is 0.788. The lowest BCUT2D eigenvalue weighted by Crippen LogP contribution is -2.24. The first-order valence-electron chi connectivity index (χ1n) is 7.38. The fourth-order valence-corrected chi connectivity index (χ4v) is 3.19. The van der Waals surface area contributed by atoms with Crippen LogP contribution in [0.5, 0.6) is 5.75 Å². The molecule has 2 heteroatoms. The van der Waals surface area contributed by atoms with Gasteiger partial charge in [-0.2, -0.15) is 0 Å². The second-order valence-electron chi connectivity index (χ2n) is 5.64. The highest BCUT2D eigenvalue weighted by Gasteiger charge is 2.17. The van der Waals surface area contributed by atoms with Crippen LogP contribution in [0.25, 0.3) is 0 Å². The number of ether oxygens (including phenoxy) is 1. The van der Waals surface area contributed by atoms with Crippen molar-refractivity contribution >= 4 is 0 Å². The van der Waals surface area contributed by atoms with Crippen molar-refractivity contribution in [2.45, 2.75) is 45.1 Å². The molecule has 1 aliphatic heterocycles. The lowest BCUT2D eigenvalue weighted by Gasteiger charge is -2.24. The highest BCUT2D eigenvalue weighted by Crippen LogP contribution is 2.28. The fourth-order valence-electron chi connectivity index (χ4n) is 3.19. The summed E-state index contributed by atoms with van der Waals surface area (Å²) in [5.41, 5.74) is 2.86. The van der Waals surface area contributed by atoms with Gasteiger partial charge in [0.1, 0.15) is 5.75 Å². The quantitative estimate of drug-likeness (QED) is 0.882. The zero-order valence-corrected chi connectivity index (χ0v) is 11.1. The number of nitrogens with one attached hydrogen (secondary N) is 1. The molecule has 0 unspecified atom stereocenters. The minimum atomic E-state index is 0.788. The summed E-state index contributed by atoms with van der Waals surface area (Å²) in [6.07, 6.45) is 8.03. The van der Waals surface area contributed by atoms with Gasteiger partial charge in [0.15, 0.2) is 0 Å². The molecule has 1 aromatic carbocycles. The van der Waals surface area contributed by atoms with Crippen molar-refractivity contribution in [3.8, 4) is 5.75 Å². The normalized spacial score (nSPS) is 20.4. The van der Waals surface area contributed by atoms with E-state index >= 15 is 0 Å². The van der Waals surface area contributed by atoms with Crippen LogP contribution < -0.4 is 10.1 Å². The van der Waals surface area contributed by atoms with Gasteiger partial charge >= 0.3 is 0 Å². The van der Waals surface area contributed by atoms with Crippen LogP contribution in [0.3, 0.4) is 0 Å². The van der Waals surface area contributed by atoms with E-state index in [1.807, 2.05) is 0 Å². The molecule has 2 aliphatic rings. The number of benzene rings is 1. The Hall–Kier alpha value is -1.02. The van der Waals surface area contributed by atoms with Gasteiger partial charge in [-0.3, -0.25) is 0 Å². The standard InChI is InChI=1S/C16H23NO/c1-2-5-13(6-3-1)12-18-16-8-4-7-14-11-17-10-9-15(14)16/h4,7-8,13,17H,1-3,5-6,9-12H2. The van der Waals surface area contributed by atoms with Crippen LogP contribution in [-0.4, -0.2) is 13.2 Å². The van der Waals surface area contributed by atoms with Gasteiger partial charge in [0.2, 0.25) is 0 Å². The Bertz CT molecular complexity index is 396. The third-order valence-electron chi connectivity index (χ3n) is 4.30. The van der Waals surface area contributed by atoms with Gasteiger partial charge in [-0.05, 0) is 48.9 Å². The van der Waals surface area contributed by atoms with Crippen molar-refractivity contribution in [1.82, 2.24) is 5.32 Å². The van der Waals surface area contributed by atoms with E-state index in [-0.39, 0.29) is 0 Å². The van der Waals surface area contributed by atoms with Crippen molar-refractivity contribution in [3.05, 3.63) is 29.3 Å². The minimum Gasteiger partial charge on any atom is -0.493 e. The molecule has 3 rings (SSSR count). The summed E-state index contributed by atoms with van der Waals surface area (Å²) < 4.78 is 6.12. The van der Waals surface area contributed by atoms with Crippen molar-refractivity contribution < 1.29 is 4.74 Å². The Kier molecular flexibility index (Phi) is 3.84. The molecule has 1 saturated carbocycles. The Morgan fingerprint density at radius 3 is 2.94 bits per heavy atom. The summed E-state index contributed by atoms with van der Waals surface area (Å²) in [5, 5.41) is 3.42. The molecule has 1 aliphatic carbocycles. The Balaban J connectivity index is 1.65. The zero-order valence-electron chi connectivity index (χ0n) is 11.1. The number of hydrogen-bond acceptors (Lipinski definition) is 2. The Labute approximate surface area is 110 Å². The molecule has 18 heavy (non-hydrogen) atoms. The molecule has 0 aromatic heterocycles. The summed E-state index contributed by atoms with van der Waals surface area (Å²) in [4.78, 5) is 0. The third kappa shape index (κ3) is 2.69. The summed E-state index contributed by atoms with van der Waals surface area (Å²) in [6, 6.07) is 6.49. The second kappa shape index (κ2) is 5.75. The molecule has 1 aromatic rings. The van der Waals surface area contributed by atoms with Crippen LogP contribution in [0.15, 0.2) is 18.2 Å². The van der Waals surface area contributed by atoms with E-state index < -0.39 is 0 Å². The summed E-state index contributed by atoms with van der Waals surface area (Å²) in [6.45, 7) is 3.00. The van der Waals surface area contributed by atoms with Gasteiger partial charge in [0, 0.05) is 6.54 Å². The highest BCUT2D eigenvalue weighted by molar-refractivity contribution is 5.41. The average molecular weight is 245 g/mol. The van der Waals surface area contributed by atoms with Gasteiger partial charge in [-0.25, -0.2) is 0 Å². The smallest absolute Gasteiger partial charge is 0.122 e. The number of fused-ring (bicyclic) bond motifs is 1. The molecule has 1 N–H and O–H groups in total. The molecule has 0 bridgehead atoms. The molecule has 0 atom stereocenters. The third-order valence-corrected chi connectivity index (χ3v) is 4.30. The van der Waals surface area contributed by atoms with Gasteiger partial charge in [0.25, 0.3) is 0 Å². The number of rotatable bonds is 3. The maximum Gasteiger partial charge on any atom is 0.122 e. The maximum absolute atomic E-state index is 6.12.